The van der Waals surface area contributed by atoms with E-state index in [9.17, 15) is 9.59 Å². The van der Waals surface area contributed by atoms with Crippen molar-refractivity contribution in [3.05, 3.63) is 99.2 Å². The zero-order valence-electron chi connectivity index (χ0n) is 23.9. The number of hydrogen-bond acceptors (Lipinski definition) is 5. The molecule has 1 heterocycles. The van der Waals surface area contributed by atoms with Gasteiger partial charge in [-0.1, -0.05) is 74.0 Å². The lowest BCUT2D eigenvalue weighted by Crippen LogP contribution is -2.36. The average Bonchev–Trinajstić information content (AvgIpc) is 2.97. The second-order valence-corrected chi connectivity index (χ2v) is 11.1. The maximum absolute atomic E-state index is 14.3. The van der Waals surface area contributed by atoms with Crippen LogP contribution in [0.3, 0.4) is 0 Å². The fourth-order valence-corrected chi connectivity index (χ4v) is 6.40. The van der Waals surface area contributed by atoms with Crippen LogP contribution in [-0.4, -0.2) is 34.3 Å². The molecule has 0 spiro atoms. The maximum atomic E-state index is 14.3. The Bertz CT molecular complexity index is 1270. The summed E-state index contributed by atoms with van der Waals surface area (Å²) in [5, 5.41) is 0. The summed E-state index contributed by atoms with van der Waals surface area (Å²) in [5.74, 6) is 0.349. The van der Waals surface area contributed by atoms with Gasteiger partial charge in [-0.05, 0) is 63.0 Å². The van der Waals surface area contributed by atoms with Crippen LogP contribution in [0.25, 0.3) is 0 Å². The lowest BCUT2D eigenvalue weighted by molar-refractivity contribution is -0.157. The van der Waals surface area contributed by atoms with Gasteiger partial charge in [0, 0.05) is 25.0 Å². The molecule has 0 bridgehead atoms. The molecule has 2 aliphatic carbocycles. The van der Waals surface area contributed by atoms with Gasteiger partial charge in [0.1, 0.15) is 11.9 Å². The minimum atomic E-state index is -0.268. The Hall–Kier alpha value is -3.25. The van der Waals surface area contributed by atoms with Crippen molar-refractivity contribution in [2.24, 2.45) is 5.92 Å². The molecule has 0 aliphatic heterocycles. The quantitative estimate of drug-likeness (QED) is 0.316. The van der Waals surface area contributed by atoms with E-state index in [1.54, 1.807) is 0 Å². The van der Waals surface area contributed by atoms with Crippen molar-refractivity contribution in [3.8, 4) is 0 Å². The predicted octanol–water partition coefficient (Wildman–Crippen LogP) is 6.22. The van der Waals surface area contributed by atoms with E-state index in [2.05, 4.69) is 24.3 Å². The fraction of sp³-hybridized carbons (Fsp3) is 0.500. The number of carbonyl (C=O) groups is 1. The zero-order chi connectivity index (χ0) is 27.9. The zero-order valence-corrected chi connectivity index (χ0v) is 23.9. The number of fused-ring (bicyclic) bond motifs is 1. The Kier molecular flexibility index (Phi) is 9.48. The van der Waals surface area contributed by atoms with E-state index in [4.69, 9.17) is 14.5 Å². The van der Waals surface area contributed by atoms with E-state index < -0.39 is 0 Å². The minimum Gasteiger partial charge on any atom is -0.462 e. The number of benzene rings is 2. The fourth-order valence-electron chi connectivity index (χ4n) is 6.40. The van der Waals surface area contributed by atoms with Gasteiger partial charge in [-0.3, -0.25) is 14.2 Å². The molecule has 1 fully saturated rings. The van der Waals surface area contributed by atoms with E-state index in [1.165, 1.54) is 0 Å². The number of esters is 1. The molecule has 5 rings (SSSR count). The summed E-state index contributed by atoms with van der Waals surface area (Å²) in [6, 6.07) is 20.1. The van der Waals surface area contributed by atoms with Crippen molar-refractivity contribution in [1.29, 1.82) is 0 Å². The third kappa shape index (κ3) is 6.38. The molecule has 6 nitrogen and oxygen atoms in total. The largest absolute Gasteiger partial charge is 0.462 e. The highest BCUT2D eigenvalue weighted by atomic mass is 16.5. The predicted molar refractivity (Wildman–Crippen MR) is 157 cm³/mol. The molecule has 0 saturated heterocycles. The first-order valence-corrected chi connectivity index (χ1v) is 15.1. The molecule has 2 aliphatic rings. The van der Waals surface area contributed by atoms with E-state index in [0.717, 1.165) is 79.8 Å². The van der Waals surface area contributed by atoms with Crippen LogP contribution >= 0.6 is 0 Å². The first-order chi connectivity index (χ1) is 19.6. The van der Waals surface area contributed by atoms with Crippen molar-refractivity contribution < 1.29 is 14.3 Å². The molecule has 40 heavy (non-hydrogen) atoms. The van der Waals surface area contributed by atoms with Crippen LogP contribution in [0.2, 0.25) is 0 Å². The Morgan fingerprint density at radius 2 is 1.52 bits per heavy atom. The Balaban J connectivity index is 1.45. The van der Waals surface area contributed by atoms with Crippen molar-refractivity contribution in [2.75, 3.05) is 6.61 Å². The van der Waals surface area contributed by atoms with Gasteiger partial charge < -0.3 is 9.47 Å². The highest BCUT2D eigenvalue weighted by molar-refractivity contribution is 5.73. The monoisotopic (exact) mass is 542 g/mol. The molecule has 1 unspecified atom stereocenters. The summed E-state index contributed by atoms with van der Waals surface area (Å²) in [5.41, 5.74) is 3.66. The molecule has 3 aromatic rings. The Labute approximate surface area is 237 Å². The molecular weight excluding hydrogens is 500 g/mol. The first-order valence-electron chi connectivity index (χ1n) is 15.1. The third-order valence-corrected chi connectivity index (χ3v) is 8.48. The van der Waals surface area contributed by atoms with Gasteiger partial charge in [-0.2, -0.15) is 0 Å². The molecule has 1 atom stereocenters. The third-order valence-electron chi connectivity index (χ3n) is 8.48. The Morgan fingerprint density at radius 1 is 0.900 bits per heavy atom. The molecule has 0 amide bonds. The summed E-state index contributed by atoms with van der Waals surface area (Å²) in [7, 11) is 0. The lowest BCUT2D eigenvalue weighted by Gasteiger charge is -2.30. The summed E-state index contributed by atoms with van der Waals surface area (Å²) >= 11 is 0. The van der Waals surface area contributed by atoms with Gasteiger partial charge in [0.15, 0.2) is 0 Å². The van der Waals surface area contributed by atoms with Crippen molar-refractivity contribution in [1.82, 2.24) is 9.55 Å². The van der Waals surface area contributed by atoms with E-state index in [-0.39, 0.29) is 35.7 Å². The molecule has 2 aromatic carbocycles. The Morgan fingerprint density at radius 3 is 2.12 bits per heavy atom. The van der Waals surface area contributed by atoms with E-state index >= 15 is 0 Å². The van der Waals surface area contributed by atoms with Gasteiger partial charge in [-0.25, -0.2) is 4.98 Å². The molecule has 0 radical (unpaired) electrons. The second-order valence-electron chi connectivity index (χ2n) is 11.1. The van der Waals surface area contributed by atoms with Crippen LogP contribution in [0.4, 0.5) is 0 Å². The number of rotatable bonds is 8. The van der Waals surface area contributed by atoms with Crippen LogP contribution in [0.15, 0.2) is 65.5 Å². The van der Waals surface area contributed by atoms with Gasteiger partial charge in [0.05, 0.1) is 23.8 Å². The van der Waals surface area contributed by atoms with Crippen LogP contribution in [-0.2, 0) is 33.5 Å². The number of nitrogens with zero attached hydrogens (tertiary/aromatic N) is 2. The van der Waals surface area contributed by atoms with Crippen LogP contribution in [0, 0.1) is 5.92 Å². The summed E-state index contributed by atoms with van der Waals surface area (Å²) in [4.78, 5) is 32.8. The van der Waals surface area contributed by atoms with Crippen LogP contribution in [0.5, 0.6) is 0 Å². The normalized spacial score (nSPS) is 21.3. The van der Waals surface area contributed by atoms with E-state index in [1.807, 2.05) is 54.8 Å². The molecule has 1 saturated carbocycles. The number of hydrogen-bond donors (Lipinski definition) is 0. The van der Waals surface area contributed by atoms with Gasteiger partial charge >= 0.3 is 5.97 Å². The van der Waals surface area contributed by atoms with Crippen LogP contribution < -0.4 is 5.56 Å². The lowest BCUT2D eigenvalue weighted by atomic mass is 9.89. The smallest absolute Gasteiger partial charge is 0.309 e. The number of aromatic nitrogens is 2. The standard InChI is InChI=1S/C34H42N2O4/c1-3-31-35-30-23-26(34(38)40-28-21-19-27(20-22-28)39-4-2)17-11-12-18-29(30)33(37)36(31)32(24-13-7-5-8-14-24)25-15-9-6-10-16-25/h5-10,13-16,26-28,32H,3-4,11-12,17-23H2,1-2H3. The number of ether oxygens (including phenoxy) is 2. The molecule has 1 aromatic heterocycles. The maximum Gasteiger partial charge on any atom is 0.309 e. The topological polar surface area (TPSA) is 70.4 Å². The second kappa shape index (κ2) is 13.4. The van der Waals surface area contributed by atoms with Crippen molar-refractivity contribution in [2.45, 2.75) is 96.3 Å². The average molecular weight is 543 g/mol. The first kappa shape index (κ1) is 28.3. The SMILES string of the molecule is CCOC1CCC(OC(=O)C2CCCCc3c(nc(CC)n(C(c4ccccc4)c4ccccc4)c3=O)C2)CC1. The van der Waals surface area contributed by atoms with E-state index in [0.29, 0.717) is 19.3 Å². The molecule has 6 heteroatoms. The molecule has 0 N–H and O–H groups in total. The number of carbonyl (C=O) groups excluding carboxylic acids is 1. The van der Waals surface area contributed by atoms with Crippen LogP contribution in [0.1, 0.15) is 93.0 Å². The minimum absolute atomic E-state index is 0.0165. The van der Waals surface area contributed by atoms with Gasteiger partial charge in [0.2, 0.25) is 0 Å². The highest BCUT2D eigenvalue weighted by Gasteiger charge is 2.31. The summed E-state index contributed by atoms with van der Waals surface area (Å²) in [6.45, 7) is 4.79. The molecular formula is C34H42N2O4. The molecule has 212 valence electrons. The highest BCUT2D eigenvalue weighted by Crippen LogP contribution is 2.30. The van der Waals surface area contributed by atoms with Crippen molar-refractivity contribution in [3.63, 3.8) is 0 Å². The summed E-state index contributed by atoms with van der Waals surface area (Å²) < 4.78 is 13.7. The van der Waals surface area contributed by atoms with Gasteiger partial charge in [-0.15, -0.1) is 0 Å². The summed E-state index contributed by atoms with van der Waals surface area (Å²) in [6.07, 6.45) is 8.11. The number of aryl methyl sites for hydroxylation is 1. The van der Waals surface area contributed by atoms with Crippen molar-refractivity contribution >= 4 is 5.97 Å². The van der Waals surface area contributed by atoms with Gasteiger partial charge in [0.25, 0.3) is 5.56 Å².